The lowest BCUT2D eigenvalue weighted by atomic mass is 10.0. The molecule has 0 bridgehead atoms. The fourth-order valence-electron chi connectivity index (χ4n) is 2.12. The zero-order valence-electron chi connectivity index (χ0n) is 14.9. The Balaban J connectivity index is 0.00000484. The van der Waals surface area contributed by atoms with E-state index in [2.05, 4.69) is 48.3 Å². The van der Waals surface area contributed by atoms with Crippen molar-refractivity contribution in [1.82, 2.24) is 15.6 Å². The van der Waals surface area contributed by atoms with Gasteiger partial charge in [0.1, 0.15) is 5.01 Å². The number of ether oxygens (including phenoxy) is 1. The van der Waals surface area contributed by atoms with Gasteiger partial charge in [0.25, 0.3) is 0 Å². The fraction of sp³-hybridized carbons (Fsp3) is 0.750. The molecule has 0 saturated heterocycles. The average Bonchev–Trinajstić information content (AvgIpc) is 2.89. The molecule has 1 rings (SSSR count). The summed E-state index contributed by atoms with van der Waals surface area (Å²) in [5.74, 6) is 1.37. The molecule has 1 aromatic heterocycles. The third kappa shape index (κ3) is 9.46. The van der Waals surface area contributed by atoms with Gasteiger partial charge in [0.15, 0.2) is 5.96 Å². The second-order valence-electron chi connectivity index (χ2n) is 5.51. The van der Waals surface area contributed by atoms with Crippen LogP contribution in [0.5, 0.6) is 0 Å². The van der Waals surface area contributed by atoms with Crippen molar-refractivity contribution in [1.29, 1.82) is 0 Å². The second-order valence-corrected chi connectivity index (χ2v) is 6.83. The van der Waals surface area contributed by atoms with Crippen LogP contribution in [-0.4, -0.2) is 36.7 Å². The number of aliphatic imine (C=N–C) groups is 1. The number of guanidine groups is 1. The van der Waals surface area contributed by atoms with Crippen LogP contribution < -0.4 is 10.6 Å². The number of halogens is 1. The van der Waals surface area contributed by atoms with Crippen LogP contribution in [0.25, 0.3) is 0 Å². The first-order valence-corrected chi connectivity index (χ1v) is 8.93. The van der Waals surface area contributed by atoms with Gasteiger partial charge in [-0.25, -0.2) is 9.98 Å². The number of nitrogens with zero attached hydrogens (tertiary/aromatic N) is 2. The maximum atomic E-state index is 5.77. The van der Waals surface area contributed by atoms with E-state index in [1.807, 2.05) is 13.1 Å². The molecule has 0 spiro atoms. The first kappa shape index (κ1) is 22.6. The number of aromatic nitrogens is 1. The Morgan fingerprint density at radius 2 is 2.09 bits per heavy atom. The third-order valence-corrected chi connectivity index (χ3v) is 4.13. The largest absolute Gasteiger partial charge is 0.378 e. The molecule has 0 saturated carbocycles. The Kier molecular flexibility index (Phi) is 12.7. The number of nitrogens with one attached hydrogen (secondary N) is 2. The van der Waals surface area contributed by atoms with Gasteiger partial charge in [-0.05, 0) is 33.1 Å². The van der Waals surface area contributed by atoms with Gasteiger partial charge in [0.2, 0.25) is 0 Å². The molecular formula is C16H31IN4OS. The van der Waals surface area contributed by atoms with E-state index in [0.29, 0.717) is 18.6 Å². The fourth-order valence-corrected chi connectivity index (χ4v) is 2.83. The molecule has 5 nitrogen and oxygen atoms in total. The monoisotopic (exact) mass is 454 g/mol. The van der Waals surface area contributed by atoms with Crippen LogP contribution in [0.15, 0.2) is 11.2 Å². The summed E-state index contributed by atoms with van der Waals surface area (Å²) in [5.41, 5.74) is 0. The number of thiazole rings is 1. The molecule has 0 aliphatic carbocycles. The number of hydrogen-bond acceptors (Lipinski definition) is 4. The van der Waals surface area contributed by atoms with E-state index in [9.17, 15) is 0 Å². The van der Waals surface area contributed by atoms with E-state index in [1.165, 1.54) is 4.88 Å². The maximum Gasteiger partial charge on any atom is 0.191 e. The summed E-state index contributed by atoms with van der Waals surface area (Å²) in [5, 5.41) is 7.69. The Hall–Kier alpha value is -0.410. The summed E-state index contributed by atoms with van der Waals surface area (Å²) < 4.78 is 5.77. The molecule has 0 aliphatic rings. The Morgan fingerprint density at radius 1 is 1.35 bits per heavy atom. The molecule has 1 aromatic rings. The molecule has 7 heteroatoms. The van der Waals surface area contributed by atoms with Crippen LogP contribution in [-0.2, 0) is 11.3 Å². The van der Waals surface area contributed by atoms with Crippen molar-refractivity contribution >= 4 is 41.3 Å². The standard InChI is InChI=1S/C16H30N4OS.HI/c1-6-17-16(20-11-15-19-10-13(5)22-15)18-9-8-14(12(3)4)21-7-2;/h10,12,14H,6-9,11H2,1-5H3,(H2,17,18,20);1H. The molecular weight excluding hydrogens is 423 g/mol. The molecule has 0 amide bonds. The van der Waals surface area contributed by atoms with Crippen LogP contribution >= 0.6 is 35.3 Å². The predicted octanol–water partition coefficient (Wildman–Crippen LogP) is 3.58. The lowest BCUT2D eigenvalue weighted by molar-refractivity contribution is 0.0258. The molecule has 134 valence electrons. The lowest BCUT2D eigenvalue weighted by Gasteiger charge is -2.21. The molecule has 1 unspecified atom stereocenters. The summed E-state index contributed by atoms with van der Waals surface area (Å²) in [6.45, 7) is 13.7. The van der Waals surface area contributed by atoms with Gasteiger partial charge >= 0.3 is 0 Å². The highest BCUT2D eigenvalue weighted by atomic mass is 127. The third-order valence-electron chi connectivity index (χ3n) is 3.23. The van der Waals surface area contributed by atoms with E-state index in [1.54, 1.807) is 11.3 Å². The van der Waals surface area contributed by atoms with Crippen molar-refractivity contribution in [2.24, 2.45) is 10.9 Å². The van der Waals surface area contributed by atoms with E-state index >= 15 is 0 Å². The van der Waals surface area contributed by atoms with Crippen LogP contribution in [0.1, 0.15) is 44.0 Å². The van der Waals surface area contributed by atoms with Crippen molar-refractivity contribution in [2.45, 2.75) is 53.7 Å². The molecule has 1 heterocycles. The SMILES string of the molecule is CCNC(=NCc1ncc(C)s1)NCCC(OCC)C(C)C.I. The first-order chi connectivity index (χ1) is 10.6. The van der Waals surface area contributed by atoms with Gasteiger partial charge in [-0.1, -0.05) is 13.8 Å². The zero-order chi connectivity index (χ0) is 16.4. The highest BCUT2D eigenvalue weighted by Gasteiger charge is 2.12. The number of hydrogen-bond donors (Lipinski definition) is 2. The van der Waals surface area contributed by atoms with E-state index in [4.69, 9.17) is 4.74 Å². The summed E-state index contributed by atoms with van der Waals surface area (Å²) >= 11 is 1.69. The van der Waals surface area contributed by atoms with Crippen LogP contribution in [0, 0.1) is 12.8 Å². The molecule has 2 N–H and O–H groups in total. The number of aryl methyl sites for hydroxylation is 1. The van der Waals surface area contributed by atoms with Gasteiger partial charge in [-0.3, -0.25) is 0 Å². The molecule has 0 aliphatic heterocycles. The minimum absolute atomic E-state index is 0. The van der Waals surface area contributed by atoms with E-state index < -0.39 is 0 Å². The summed E-state index contributed by atoms with van der Waals surface area (Å²) in [6.07, 6.45) is 3.17. The lowest BCUT2D eigenvalue weighted by Crippen LogP contribution is -2.39. The minimum Gasteiger partial charge on any atom is -0.378 e. The zero-order valence-corrected chi connectivity index (χ0v) is 18.0. The molecule has 23 heavy (non-hydrogen) atoms. The van der Waals surface area contributed by atoms with Crippen molar-refractivity contribution in [3.05, 3.63) is 16.1 Å². The molecule has 1 atom stereocenters. The molecule has 0 radical (unpaired) electrons. The van der Waals surface area contributed by atoms with Crippen LogP contribution in [0.4, 0.5) is 0 Å². The highest BCUT2D eigenvalue weighted by Crippen LogP contribution is 2.12. The molecule has 0 aromatic carbocycles. The van der Waals surface area contributed by atoms with Crippen molar-refractivity contribution in [3.63, 3.8) is 0 Å². The normalized spacial score (nSPS) is 12.9. The highest BCUT2D eigenvalue weighted by molar-refractivity contribution is 14.0. The van der Waals surface area contributed by atoms with E-state index in [-0.39, 0.29) is 24.0 Å². The predicted molar refractivity (Wildman–Crippen MR) is 110 cm³/mol. The summed E-state index contributed by atoms with van der Waals surface area (Å²) in [7, 11) is 0. The quantitative estimate of drug-likeness (QED) is 0.340. The smallest absolute Gasteiger partial charge is 0.191 e. The summed E-state index contributed by atoms with van der Waals surface area (Å²) in [6, 6.07) is 0. The Bertz CT molecular complexity index is 451. The number of rotatable bonds is 9. The van der Waals surface area contributed by atoms with Gasteiger partial charge < -0.3 is 15.4 Å². The minimum atomic E-state index is 0. The maximum absolute atomic E-state index is 5.77. The topological polar surface area (TPSA) is 58.5 Å². The summed E-state index contributed by atoms with van der Waals surface area (Å²) in [4.78, 5) is 10.1. The van der Waals surface area contributed by atoms with Crippen molar-refractivity contribution in [2.75, 3.05) is 19.7 Å². The van der Waals surface area contributed by atoms with Crippen LogP contribution in [0.3, 0.4) is 0 Å². The van der Waals surface area contributed by atoms with Crippen molar-refractivity contribution in [3.8, 4) is 0 Å². The van der Waals surface area contributed by atoms with Gasteiger partial charge in [-0.15, -0.1) is 35.3 Å². The van der Waals surface area contributed by atoms with Gasteiger partial charge in [0, 0.05) is 30.8 Å². The first-order valence-electron chi connectivity index (χ1n) is 8.11. The van der Waals surface area contributed by atoms with Gasteiger partial charge in [0.05, 0.1) is 12.6 Å². The van der Waals surface area contributed by atoms with Gasteiger partial charge in [-0.2, -0.15) is 0 Å². The van der Waals surface area contributed by atoms with E-state index in [0.717, 1.165) is 37.1 Å². The van der Waals surface area contributed by atoms with Crippen LogP contribution in [0.2, 0.25) is 0 Å². The molecule has 0 fully saturated rings. The average molecular weight is 454 g/mol. The second kappa shape index (κ2) is 12.9. The Labute approximate surface area is 161 Å². The Morgan fingerprint density at radius 3 is 2.61 bits per heavy atom. The van der Waals surface area contributed by atoms with Crippen molar-refractivity contribution < 1.29 is 4.74 Å².